The summed E-state index contributed by atoms with van der Waals surface area (Å²) < 4.78 is 6.96. The zero-order chi connectivity index (χ0) is 19.9. The number of ether oxygens (including phenoxy) is 1. The van der Waals surface area contributed by atoms with Gasteiger partial charge in [0, 0.05) is 12.4 Å². The Morgan fingerprint density at radius 3 is 2.39 bits per heavy atom. The quantitative estimate of drug-likeness (QED) is 0.489. The third kappa shape index (κ3) is 4.64. The van der Waals surface area contributed by atoms with Gasteiger partial charge in [0.15, 0.2) is 6.61 Å². The van der Waals surface area contributed by atoms with Crippen LogP contribution < -0.4 is 10.2 Å². The molecule has 3 rings (SSSR count). The Balaban J connectivity index is 1.70. The number of carboxylic acid groups (broad SMARTS) is 1. The van der Waals surface area contributed by atoms with Gasteiger partial charge in [0.2, 0.25) is 0 Å². The summed E-state index contributed by atoms with van der Waals surface area (Å²) in [6.07, 6.45) is 3.74. The monoisotopic (exact) mass is 377 g/mol. The summed E-state index contributed by atoms with van der Waals surface area (Å²) in [5, 5.41) is 12.8. The second-order valence-corrected chi connectivity index (χ2v) is 5.95. The van der Waals surface area contributed by atoms with Gasteiger partial charge in [-0.3, -0.25) is 4.79 Å². The molecule has 1 heterocycles. The molecule has 0 atom stereocenters. The van der Waals surface area contributed by atoms with Gasteiger partial charge in [0.1, 0.15) is 5.75 Å². The second kappa shape index (κ2) is 8.68. The lowest BCUT2D eigenvalue weighted by molar-refractivity contribution is -0.139. The van der Waals surface area contributed by atoms with E-state index in [9.17, 15) is 9.59 Å². The lowest BCUT2D eigenvalue weighted by Crippen LogP contribution is -2.21. The zero-order valence-corrected chi connectivity index (χ0v) is 15.2. The first-order valence-corrected chi connectivity index (χ1v) is 8.56. The van der Waals surface area contributed by atoms with Gasteiger partial charge in [-0.15, -0.1) is 0 Å². The van der Waals surface area contributed by atoms with E-state index in [-0.39, 0.29) is 5.91 Å². The number of hydrogen-bond acceptors (Lipinski definition) is 4. The van der Waals surface area contributed by atoms with Crippen molar-refractivity contribution in [1.82, 2.24) is 9.99 Å². The van der Waals surface area contributed by atoms with Crippen molar-refractivity contribution >= 4 is 17.6 Å². The van der Waals surface area contributed by atoms with Crippen LogP contribution in [0.15, 0.2) is 78.2 Å². The average Bonchev–Trinajstić information content (AvgIpc) is 3.25. The predicted molar refractivity (Wildman–Crippen MR) is 105 cm³/mol. The van der Waals surface area contributed by atoms with E-state index in [1.54, 1.807) is 43.3 Å². The fourth-order valence-corrected chi connectivity index (χ4v) is 2.58. The molecule has 0 radical (unpaired) electrons. The van der Waals surface area contributed by atoms with Crippen LogP contribution in [0.4, 0.5) is 0 Å². The van der Waals surface area contributed by atoms with Gasteiger partial charge in [0.05, 0.1) is 17.0 Å². The zero-order valence-electron chi connectivity index (χ0n) is 15.2. The number of carboxylic acids is 1. The normalized spacial score (nSPS) is 11.1. The number of para-hydroxylation sites is 1. The Morgan fingerprint density at radius 2 is 1.71 bits per heavy atom. The highest BCUT2D eigenvalue weighted by molar-refractivity contribution is 6.02. The lowest BCUT2D eigenvalue weighted by atomic mass is 10.1. The molecular weight excluding hydrogens is 358 g/mol. The van der Waals surface area contributed by atoms with E-state index >= 15 is 0 Å². The Kier molecular flexibility index (Phi) is 5.86. The lowest BCUT2D eigenvalue weighted by Gasteiger charge is -2.10. The van der Waals surface area contributed by atoms with Gasteiger partial charge >= 0.3 is 5.97 Å². The molecule has 2 aromatic carbocycles. The number of benzene rings is 2. The number of carbonyl (C=O) groups excluding carboxylic acids is 1. The first-order chi connectivity index (χ1) is 13.5. The van der Waals surface area contributed by atoms with E-state index in [0.29, 0.717) is 17.0 Å². The van der Waals surface area contributed by atoms with E-state index in [1.807, 2.05) is 41.2 Å². The van der Waals surface area contributed by atoms with E-state index in [4.69, 9.17) is 9.84 Å². The van der Waals surface area contributed by atoms with Crippen molar-refractivity contribution in [3.63, 3.8) is 0 Å². The smallest absolute Gasteiger partial charge is 0.341 e. The van der Waals surface area contributed by atoms with Crippen LogP contribution in [0, 0.1) is 0 Å². The molecule has 7 nitrogen and oxygen atoms in total. The molecule has 142 valence electrons. The SMILES string of the molecule is C/C(=N/NC(=O)c1ccccc1-n1cccc1)c1ccc(OCC(=O)O)cc1. The molecule has 0 unspecified atom stereocenters. The summed E-state index contributed by atoms with van der Waals surface area (Å²) in [5.41, 5.74) is 5.24. The maximum absolute atomic E-state index is 12.6. The summed E-state index contributed by atoms with van der Waals surface area (Å²) in [5.74, 6) is -0.904. The highest BCUT2D eigenvalue weighted by atomic mass is 16.5. The standard InChI is InChI=1S/C21H19N3O4/c1-15(16-8-10-17(11-9-16)28-14-20(25)26)22-23-21(27)18-6-2-3-7-19(18)24-12-4-5-13-24/h2-13H,14H2,1H3,(H,23,27)(H,25,26)/b22-15-. The van der Waals surface area contributed by atoms with Crippen molar-refractivity contribution in [3.8, 4) is 11.4 Å². The first kappa shape index (κ1) is 18.9. The summed E-state index contributed by atoms with van der Waals surface area (Å²) >= 11 is 0. The van der Waals surface area contributed by atoms with Gasteiger partial charge in [0.25, 0.3) is 5.91 Å². The number of aromatic nitrogens is 1. The molecule has 0 aliphatic heterocycles. The third-order valence-electron chi connectivity index (χ3n) is 3.99. The van der Waals surface area contributed by atoms with Crippen LogP contribution in [0.3, 0.4) is 0 Å². The Labute approximate surface area is 161 Å². The number of hydrazone groups is 1. The van der Waals surface area contributed by atoms with Gasteiger partial charge in [-0.05, 0) is 61.0 Å². The van der Waals surface area contributed by atoms with E-state index in [2.05, 4.69) is 10.5 Å². The Hall–Kier alpha value is -3.87. The van der Waals surface area contributed by atoms with Crippen molar-refractivity contribution in [2.24, 2.45) is 5.10 Å². The van der Waals surface area contributed by atoms with Crippen LogP contribution >= 0.6 is 0 Å². The summed E-state index contributed by atoms with van der Waals surface area (Å²) in [6.45, 7) is 1.37. The summed E-state index contributed by atoms with van der Waals surface area (Å²) in [6, 6.07) is 17.9. The molecule has 0 aliphatic carbocycles. The molecule has 0 bridgehead atoms. The van der Waals surface area contributed by atoms with E-state index < -0.39 is 12.6 Å². The molecule has 1 aromatic heterocycles. The summed E-state index contributed by atoms with van der Waals surface area (Å²) in [7, 11) is 0. The fraction of sp³-hybridized carbons (Fsp3) is 0.0952. The van der Waals surface area contributed by atoms with Crippen LogP contribution in [-0.2, 0) is 4.79 Å². The van der Waals surface area contributed by atoms with Gasteiger partial charge in [-0.25, -0.2) is 10.2 Å². The second-order valence-electron chi connectivity index (χ2n) is 5.95. The van der Waals surface area contributed by atoms with E-state index in [1.165, 1.54) is 0 Å². The number of aliphatic carboxylic acids is 1. The number of amides is 1. The van der Waals surface area contributed by atoms with Crippen molar-refractivity contribution in [1.29, 1.82) is 0 Å². The Morgan fingerprint density at radius 1 is 1.04 bits per heavy atom. The van der Waals surface area contributed by atoms with Crippen LogP contribution in [0.2, 0.25) is 0 Å². The number of rotatable bonds is 7. The van der Waals surface area contributed by atoms with Crippen molar-refractivity contribution < 1.29 is 19.4 Å². The topological polar surface area (TPSA) is 92.9 Å². The molecule has 0 fully saturated rings. The highest BCUT2D eigenvalue weighted by Crippen LogP contribution is 2.15. The van der Waals surface area contributed by atoms with E-state index in [0.717, 1.165) is 11.3 Å². The third-order valence-corrected chi connectivity index (χ3v) is 3.99. The van der Waals surface area contributed by atoms with Crippen LogP contribution in [0.25, 0.3) is 5.69 Å². The van der Waals surface area contributed by atoms with Gasteiger partial charge < -0.3 is 14.4 Å². The fourth-order valence-electron chi connectivity index (χ4n) is 2.58. The number of nitrogens with zero attached hydrogens (tertiary/aromatic N) is 2. The van der Waals surface area contributed by atoms with Crippen molar-refractivity contribution in [2.45, 2.75) is 6.92 Å². The van der Waals surface area contributed by atoms with Crippen molar-refractivity contribution in [2.75, 3.05) is 6.61 Å². The Bertz CT molecular complexity index is 993. The average molecular weight is 377 g/mol. The minimum Gasteiger partial charge on any atom is -0.482 e. The number of nitrogens with one attached hydrogen (secondary N) is 1. The maximum atomic E-state index is 12.6. The molecule has 28 heavy (non-hydrogen) atoms. The molecule has 0 saturated carbocycles. The molecule has 1 amide bonds. The minimum absolute atomic E-state index is 0.315. The molecule has 7 heteroatoms. The largest absolute Gasteiger partial charge is 0.482 e. The molecule has 0 spiro atoms. The maximum Gasteiger partial charge on any atom is 0.341 e. The summed E-state index contributed by atoms with van der Waals surface area (Å²) in [4.78, 5) is 23.1. The molecule has 0 saturated heterocycles. The highest BCUT2D eigenvalue weighted by Gasteiger charge is 2.11. The minimum atomic E-state index is -1.04. The molecular formula is C21H19N3O4. The van der Waals surface area contributed by atoms with Crippen molar-refractivity contribution in [3.05, 3.63) is 84.2 Å². The number of carbonyl (C=O) groups is 2. The van der Waals surface area contributed by atoms with Crippen LogP contribution in [-0.4, -0.2) is 33.9 Å². The molecule has 2 N–H and O–H groups in total. The first-order valence-electron chi connectivity index (χ1n) is 8.56. The van der Waals surface area contributed by atoms with Crippen LogP contribution in [0.5, 0.6) is 5.75 Å². The van der Waals surface area contributed by atoms with Gasteiger partial charge in [-0.2, -0.15) is 5.10 Å². The van der Waals surface area contributed by atoms with Crippen LogP contribution in [0.1, 0.15) is 22.8 Å². The molecule has 0 aliphatic rings. The van der Waals surface area contributed by atoms with Gasteiger partial charge in [-0.1, -0.05) is 12.1 Å². The molecule has 3 aromatic rings. The number of hydrogen-bond donors (Lipinski definition) is 2. The predicted octanol–water partition coefficient (Wildman–Crippen LogP) is 3.09.